The predicted molar refractivity (Wildman–Crippen MR) is 79.4 cm³/mol. The van der Waals surface area contributed by atoms with Crippen molar-refractivity contribution in [2.75, 3.05) is 6.54 Å². The number of carbonyl (C=O) groups is 1. The molecule has 0 aliphatic heterocycles. The van der Waals surface area contributed by atoms with Crippen LogP contribution in [0.25, 0.3) is 0 Å². The average molecular weight is 287 g/mol. The van der Waals surface area contributed by atoms with E-state index in [1.807, 2.05) is 30.3 Å². The zero-order chi connectivity index (χ0) is 15.4. The van der Waals surface area contributed by atoms with Gasteiger partial charge >= 0.3 is 5.69 Å². The van der Waals surface area contributed by atoms with Gasteiger partial charge in [-0.1, -0.05) is 30.3 Å². The normalized spacial score (nSPS) is 10.4. The van der Waals surface area contributed by atoms with E-state index in [4.69, 9.17) is 0 Å². The zero-order valence-corrected chi connectivity index (χ0v) is 12.0. The van der Waals surface area contributed by atoms with Gasteiger partial charge in [-0.25, -0.2) is 4.79 Å². The molecule has 1 heterocycles. The fourth-order valence-corrected chi connectivity index (χ4v) is 2.02. The van der Waals surface area contributed by atoms with E-state index in [9.17, 15) is 14.4 Å². The van der Waals surface area contributed by atoms with Crippen molar-refractivity contribution in [1.29, 1.82) is 0 Å². The summed E-state index contributed by atoms with van der Waals surface area (Å²) in [6.07, 6.45) is 1.95. The summed E-state index contributed by atoms with van der Waals surface area (Å²) in [5, 5.41) is 2.69. The largest absolute Gasteiger partial charge is 0.351 e. The Morgan fingerprint density at radius 3 is 2.48 bits per heavy atom. The van der Waals surface area contributed by atoms with Crippen LogP contribution in [0.3, 0.4) is 0 Å². The third-order valence-corrected chi connectivity index (χ3v) is 3.23. The third kappa shape index (κ3) is 3.28. The Kier molecular flexibility index (Phi) is 4.37. The summed E-state index contributed by atoms with van der Waals surface area (Å²) in [5.74, 6) is -0.470. The van der Waals surface area contributed by atoms with Crippen molar-refractivity contribution in [2.45, 2.75) is 6.42 Å². The molecule has 1 aromatic carbocycles. The van der Waals surface area contributed by atoms with Crippen molar-refractivity contribution in [2.24, 2.45) is 14.1 Å². The second-order valence-corrected chi connectivity index (χ2v) is 4.79. The molecule has 1 amide bonds. The van der Waals surface area contributed by atoms with Crippen LogP contribution in [0.2, 0.25) is 0 Å². The zero-order valence-electron chi connectivity index (χ0n) is 12.0. The molecule has 0 aliphatic rings. The Morgan fingerprint density at radius 1 is 1.14 bits per heavy atom. The van der Waals surface area contributed by atoms with Gasteiger partial charge in [0.2, 0.25) is 0 Å². The Labute approximate surface area is 121 Å². The number of carbonyl (C=O) groups excluding carboxylic acids is 1. The Morgan fingerprint density at radius 2 is 1.81 bits per heavy atom. The average Bonchev–Trinajstić information content (AvgIpc) is 2.49. The molecule has 6 nitrogen and oxygen atoms in total. The summed E-state index contributed by atoms with van der Waals surface area (Å²) in [5.41, 5.74) is 0.0231. The highest BCUT2D eigenvalue weighted by Crippen LogP contribution is 1.98. The first-order chi connectivity index (χ1) is 10.0. The molecule has 0 unspecified atom stereocenters. The predicted octanol–water partition coefficient (Wildman–Crippen LogP) is 0.0565. The van der Waals surface area contributed by atoms with E-state index in [-0.39, 0.29) is 5.56 Å². The molecular formula is C15H17N3O3. The molecule has 0 fully saturated rings. The lowest BCUT2D eigenvalue weighted by atomic mass is 10.1. The molecule has 21 heavy (non-hydrogen) atoms. The summed E-state index contributed by atoms with van der Waals surface area (Å²) in [4.78, 5) is 35.5. The lowest BCUT2D eigenvalue weighted by Gasteiger charge is -2.08. The van der Waals surface area contributed by atoms with Crippen LogP contribution in [0.1, 0.15) is 15.9 Å². The third-order valence-electron chi connectivity index (χ3n) is 3.23. The molecule has 0 radical (unpaired) electrons. The maximum atomic E-state index is 12.0. The van der Waals surface area contributed by atoms with Crippen molar-refractivity contribution in [3.05, 3.63) is 68.5 Å². The summed E-state index contributed by atoms with van der Waals surface area (Å²) in [6, 6.07) is 9.73. The van der Waals surface area contributed by atoms with E-state index in [0.29, 0.717) is 13.0 Å². The van der Waals surface area contributed by atoms with Gasteiger partial charge in [-0.05, 0) is 12.0 Å². The number of rotatable bonds is 4. The van der Waals surface area contributed by atoms with Crippen LogP contribution in [0.15, 0.2) is 46.1 Å². The molecule has 0 aliphatic carbocycles. The summed E-state index contributed by atoms with van der Waals surface area (Å²) in [7, 11) is 2.86. The van der Waals surface area contributed by atoms with Gasteiger partial charge in [0.25, 0.3) is 11.5 Å². The van der Waals surface area contributed by atoms with Gasteiger partial charge in [0.1, 0.15) is 5.56 Å². The van der Waals surface area contributed by atoms with Crippen LogP contribution in [0, 0.1) is 0 Å². The van der Waals surface area contributed by atoms with Gasteiger partial charge in [-0.15, -0.1) is 0 Å². The molecular weight excluding hydrogens is 270 g/mol. The Bertz CT molecular complexity index is 760. The van der Waals surface area contributed by atoms with E-state index in [0.717, 1.165) is 10.1 Å². The number of aromatic nitrogens is 2. The van der Waals surface area contributed by atoms with Gasteiger partial charge in [0, 0.05) is 26.8 Å². The van der Waals surface area contributed by atoms with E-state index >= 15 is 0 Å². The van der Waals surface area contributed by atoms with Crippen molar-refractivity contribution in [3.8, 4) is 0 Å². The molecule has 110 valence electrons. The summed E-state index contributed by atoms with van der Waals surface area (Å²) < 4.78 is 2.14. The van der Waals surface area contributed by atoms with Crippen LogP contribution >= 0.6 is 0 Å². The van der Waals surface area contributed by atoms with Gasteiger partial charge in [0.15, 0.2) is 0 Å². The van der Waals surface area contributed by atoms with Gasteiger partial charge in [-0.2, -0.15) is 0 Å². The Balaban J connectivity index is 2.08. The minimum absolute atomic E-state index is 0.0346. The number of aryl methyl sites for hydroxylation is 1. The van der Waals surface area contributed by atoms with Crippen LogP contribution in [-0.2, 0) is 20.5 Å². The first kappa shape index (κ1) is 14.8. The van der Waals surface area contributed by atoms with E-state index in [1.54, 1.807) is 0 Å². The minimum atomic E-state index is -0.588. The van der Waals surface area contributed by atoms with E-state index < -0.39 is 17.2 Å². The van der Waals surface area contributed by atoms with Crippen molar-refractivity contribution in [1.82, 2.24) is 14.5 Å². The minimum Gasteiger partial charge on any atom is -0.351 e. The number of hydrogen-bond donors (Lipinski definition) is 1. The van der Waals surface area contributed by atoms with Crippen molar-refractivity contribution in [3.63, 3.8) is 0 Å². The molecule has 0 saturated carbocycles. The molecule has 1 aromatic heterocycles. The van der Waals surface area contributed by atoms with Crippen molar-refractivity contribution < 1.29 is 4.79 Å². The number of hydrogen-bond acceptors (Lipinski definition) is 3. The molecule has 0 saturated heterocycles. The van der Waals surface area contributed by atoms with Crippen molar-refractivity contribution >= 4 is 5.91 Å². The molecule has 0 bridgehead atoms. The van der Waals surface area contributed by atoms with Crippen LogP contribution in [0.5, 0.6) is 0 Å². The second-order valence-electron chi connectivity index (χ2n) is 4.79. The second kappa shape index (κ2) is 6.21. The van der Waals surface area contributed by atoms with Gasteiger partial charge in [0.05, 0.1) is 0 Å². The highest BCUT2D eigenvalue weighted by atomic mass is 16.2. The van der Waals surface area contributed by atoms with Crippen LogP contribution in [-0.4, -0.2) is 21.6 Å². The van der Waals surface area contributed by atoms with Crippen LogP contribution in [0.4, 0.5) is 0 Å². The molecule has 1 N–H and O–H groups in total. The standard InChI is InChI=1S/C15H17N3O3/c1-17-10-12(14(20)18(2)15(17)21)13(19)16-9-8-11-6-4-3-5-7-11/h3-7,10H,8-9H2,1-2H3,(H,16,19). The maximum Gasteiger partial charge on any atom is 0.330 e. The van der Waals surface area contributed by atoms with Gasteiger partial charge in [-0.3, -0.25) is 14.2 Å². The SMILES string of the molecule is Cn1cc(C(=O)NCCc2ccccc2)c(=O)n(C)c1=O. The molecule has 2 aromatic rings. The molecule has 2 rings (SSSR count). The number of benzene rings is 1. The first-order valence-corrected chi connectivity index (χ1v) is 6.59. The van der Waals surface area contributed by atoms with E-state index in [1.165, 1.54) is 24.9 Å². The number of amides is 1. The first-order valence-electron chi connectivity index (χ1n) is 6.59. The quantitative estimate of drug-likeness (QED) is 0.864. The fourth-order valence-electron chi connectivity index (χ4n) is 2.02. The number of nitrogens with zero attached hydrogens (tertiary/aromatic N) is 2. The maximum absolute atomic E-state index is 12.0. The fraction of sp³-hybridized carbons (Fsp3) is 0.267. The summed E-state index contributed by atoms with van der Waals surface area (Å²) in [6.45, 7) is 0.425. The molecule has 0 spiro atoms. The monoisotopic (exact) mass is 287 g/mol. The number of nitrogens with one attached hydrogen (secondary N) is 1. The smallest absolute Gasteiger partial charge is 0.330 e. The summed E-state index contributed by atoms with van der Waals surface area (Å²) >= 11 is 0. The molecule has 6 heteroatoms. The molecule has 0 atom stereocenters. The highest BCUT2D eigenvalue weighted by Gasteiger charge is 2.13. The lowest BCUT2D eigenvalue weighted by Crippen LogP contribution is -2.42. The van der Waals surface area contributed by atoms with Gasteiger partial charge < -0.3 is 9.88 Å². The highest BCUT2D eigenvalue weighted by molar-refractivity contribution is 5.93. The Hall–Kier alpha value is -2.63. The van der Waals surface area contributed by atoms with E-state index in [2.05, 4.69) is 5.32 Å². The van der Waals surface area contributed by atoms with Crippen LogP contribution < -0.4 is 16.6 Å². The lowest BCUT2D eigenvalue weighted by molar-refractivity contribution is 0.0951. The topological polar surface area (TPSA) is 73.1 Å².